The van der Waals surface area contributed by atoms with Crippen LogP contribution in [0.2, 0.25) is 6.04 Å². The van der Waals surface area contributed by atoms with Crippen LogP contribution >= 0.6 is 0 Å². The molecule has 0 aromatic rings. The minimum atomic E-state index is -2.38. The first-order chi connectivity index (χ1) is 8.16. The average Bonchev–Trinajstić information content (AvgIpc) is 2.39. The van der Waals surface area contributed by atoms with Gasteiger partial charge in [-0.05, 0) is 25.3 Å². The van der Waals surface area contributed by atoms with Crippen LogP contribution in [0.4, 0.5) is 0 Å². The fourth-order valence-corrected chi connectivity index (χ4v) is 7.30. The molecule has 2 unspecified atom stereocenters. The van der Waals surface area contributed by atoms with E-state index in [1.165, 1.54) is 0 Å². The molecule has 3 N–H and O–H groups in total. The van der Waals surface area contributed by atoms with Gasteiger partial charge in [-0.1, -0.05) is 13.3 Å². The van der Waals surface area contributed by atoms with E-state index in [9.17, 15) is 0 Å². The molecule has 2 atom stereocenters. The summed E-state index contributed by atoms with van der Waals surface area (Å²) in [5.74, 6) is 5.70. The van der Waals surface area contributed by atoms with Crippen LogP contribution in [0.5, 0.6) is 0 Å². The summed E-state index contributed by atoms with van der Waals surface area (Å²) < 4.78 is 17.5. The van der Waals surface area contributed by atoms with Crippen LogP contribution in [-0.4, -0.2) is 41.2 Å². The predicted octanol–water partition coefficient (Wildman–Crippen LogP) is 1.07. The Kier molecular flexibility index (Phi) is 5.55. The zero-order valence-electron chi connectivity index (χ0n) is 11.4. The van der Waals surface area contributed by atoms with Gasteiger partial charge in [0.25, 0.3) is 0 Å². The van der Waals surface area contributed by atoms with Gasteiger partial charge < -0.3 is 13.6 Å². The number of nitrogens with one attached hydrogen (secondary N) is 1. The number of hydrogen-bond acceptors (Lipinski definition) is 5. The molecular formula is C11H26N2O3Si. The number of methoxy groups -OCH3 is 1. The summed E-state index contributed by atoms with van der Waals surface area (Å²) in [5, 5.41) is -0.391. The first-order valence-corrected chi connectivity index (χ1v) is 8.30. The van der Waals surface area contributed by atoms with E-state index in [-0.39, 0.29) is 6.04 Å². The van der Waals surface area contributed by atoms with Crippen LogP contribution in [0.1, 0.15) is 32.6 Å². The van der Waals surface area contributed by atoms with Crippen LogP contribution in [0.25, 0.3) is 0 Å². The van der Waals surface area contributed by atoms with Crippen LogP contribution in [0, 0.1) is 0 Å². The van der Waals surface area contributed by atoms with E-state index >= 15 is 0 Å². The van der Waals surface area contributed by atoms with Crippen molar-refractivity contribution in [2.45, 2.75) is 49.9 Å². The van der Waals surface area contributed by atoms with Gasteiger partial charge >= 0.3 is 8.56 Å². The third-order valence-corrected chi connectivity index (χ3v) is 8.48. The second-order valence-electron chi connectivity index (χ2n) is 4.62. The fourth-order valence-electron chi connectivity index (χ4n) is 3.24. The topological polar surface area (TPSA) is 65.7 Å². The number of ether oxygens (including phenoxy) is 1. The van der Waals surface area contributed by atoms with Crippen molar-refractivity contribution >= 4 is 8.56 Å². The molecule has 5 nitrogen and oxygen atoms in total. The molecule has 0 bridgehead atoms. The van der Waals surface area contributed by atoms with Gasteiger partial charge in [-0.25, -0.2) is 0 Å². The first-order valence-electron chi connectivity index (χ1n) is 6.28. The third kappa shape index (κ3) is 2.30. The van der Waals surface area contributed by atoms with Gasteiger partial charge in [0, 0.05) is 21.3 Å². The fraction of sp³-hybridized carbons (Fsp3) is 1.00. The summed E-state index contributed by atoms with van der Waals surface area (Å²) in [5.41, 5.74) is 2.90. The number of nitrogens with two attached hydrogens (primary N) is 1. The Labute approximate surface area is 105 Å². The third-order valence-electron chi connectivity index (χ3n) is 4.05. The molecular weight excluding hydrogens is 236 g/mol. The summed E-state index contributed by atoms with van der Waals surface area (Å²) >= 11 is 0. The lowest BCUT2D eigenvalue weighted by molar-refractivity contribution is -0.0372. The zero-order chi connectivity index (χ0) is 12.9. The number of rotatable bonds is 6. The van der Waals surface area contributed by atoms with Crippen molar-refractivity contribution < 1.29 is 13.6 Å². The maximum absolute atomic E-state index is 5.89. The van der Waals surface area contributed by atoms with E-state index in [0.29, 0.717) is 0 Å². The number of hydrazine groups is 1. The molecule has 1 rings (SSSR count). The SMILES string of the molecule is CCCC1(OC)C(NN)CCC[Si]1(OC)OC. The molecule has 0 aromatic carbocycles. The van der Waals surface area contributed by atoms with Crippen LogP contribution in [-0.2, 0) is 13.6 Å². The summed E-state index contributed by atoms with van der Waals surface area (Å²) in [4.78, 5) is 0. The molecule has 1 fully saturated rings. The van der Waals surface area contributed by atoms with Crippen molar-refractivity contribution in [2.24, 2.45) is 5.84 Å². The monoisotopic (exact) mass is 262 g/mol. The Morgan fingerprint density at radius 2 is 2.00 bits per heavy atom. The molecule has 1 heterocycles. The zero-order valence-corrected chi connectivity index (χ0v) is 12.4. The second kappa shape index (κ2) is 6.26. The molecule has 1 aliphatic rings. The van der Waals surface area contributed by atoms with E-state index < -0.39 is 13.8 Å². The van der Waals surface area contributed by atoms with Gasteiger partial charge in [0.1, 0.15) is 5.22 Å². The molecule has 17 heavy (non-hydrogen) atoms. The molecule has 6 heteroatoms. The van der Waals surface area contributed by atoms with Crippen molar-refractivity contribution in [3.63, 3.8) is 0 Å². The smallest absolute Gasteiger partial charge is 0.372 e. The standard InChI is InChI=1S/C11H26N2O3Si/c1-5-8-11(14-2)10(13-12)7-6-9-17(11,15-3)16-4/h10,13H,5-9,12H2,1-4H3. The Morgan fingerprint density at radius 1 is 1.35 bits per heavy atom. The molecule has 0 amide bonds. The molecule has 0 saturated carbocycles. The average molecular weight is 262 g/mol. The van der Waals surface area contributed by atoms with Crippen molar-refractivity contribution in [1.29, 1.82) is 0 Å². The van der Waals surface area contributed by atoms with Crippen LogP contribution < -0.4 is 11.3 Å². The van der Waals surface area contributed by atoms with Crippen LogP contribution in [0.15, 0.2) is 0 Å². The molecule has 1 aliphatic heterocycles. The van der Waals surface area contributed by atoms with Gasteiger partial charge in [-0.3, -0.25) is 11.3 Å². The molecule has 0 spiro atoms. The Morgan fingerprint density at radius 3 is 2.41 bits per heavy atom. The van der Waals surface area contributed by atoms with E-state index in [0.717, 1.165) is 31.7 Å². The minimum Gasteiger partial charge on any atom is -0.396 e. The Balaban J connectivity index is 3.14. The molecule has 0 aliphatic carbocycles. The Bertz CT molecular complexity index is 239. The molecule has 1 saturated heterocycles. The highest BCUT2D eigenvalue weighted by Crippen LogP contribution is 2.42. The van der Waals surface area contributed by atoms with Gasteiger partial charge in [0.05, 0.1) is 6.04 Å². The van der Waals surface area contributed by atoms with Gasteiger partial charge in [0.15, 0.2) is 0 Å². The van der Waals surface area contributed by atoms with Crippen molar-refractivity contribution in [3.8, 4) is 0 Å². The van der Waals surface area contributed by atoms with E-state index in [2.05, 4.69) is 12.3 Å². The lowest BCUT2D eigenvalue weighted by atomic mass is 10.0. The van der Waals surface area contributed by atoms with Crippen LogP contribution in [0.3, 0.4) is 0 Å². The van der Waals surface area contributed by atoms with E-state index in [1.54, 1.807) is 21.3 Å². The molecule has 0 aromatic heterocycles. The minimum absolute atomic E-state index is 0.104. The summed E-state index contributed by atoms with van der Waals surface area (Å²) in [6.45, 7) is 2.15. The van der Waals surface area contributed by atoms with Gasteiger partial charge in [0.2, 0.25) is 0 Å². The lowest BCUT2D eigenvalue weighted by Crippen LogP contribution is -2.74. The Hall–Kier alpha value is 0.0169. The highest BCUT2D eigenvalue weighted by atomic mass is 28.4. The maximum atomic E-state index is 5.89. The lowest BCUT2D eigenvalue weighted by Gasteiger charge is -2.52. The highest BCUT2D eigenvalue weighted by molar-refractivity contribution is 6.71. The van der Waals surface area contributed by atoms with Gasteiger partial charge in [-0.15, -0.1) is 0 Å². The summed E-state index contributed by atoms with van der Waals surface area (Å²) in [6.07, 6.45) is 4.00. The largest absolute Gasteiger partial charge is 0.396 e. The van der Waals surface area contributed by atoms with E-state index in [1.807, 2.05) is 0 Å². The second-order valence-corrected chi connectivity index (χ2v) is 8.28. The molecule has 102 valence electrons. The maximum Gasteiger partial charge on any atom is 0.372 e. The van der Waals surface area contributed by atoms with Crippen molar-refractivity contribution in [2.75, 3.05) is 21.3 Å². The summed E-state index contributed by atoms with van der Waals surface area (Å²) in [6, 6.07) is 1.07. The van der Waals surface area contributed by atoms with Gasteiger partial charge in [-0.2, -0.15) is 0 Å². The normalized spacial score (nSPS) is 32.6. The first kappa shape index (κ1) is 15.1. The summed E-state index contributed by atoms with van der Waals surface area (Å²) in [7, 11) is 2.83. The molecule has 0 radical (unpaired) electrons. The van der Waals surface area contributed by atoms with E-state index in [4.69, 9.17) is 19.4 Å². The predicted molar refractivity (Wildman–Crippen MR) is 69.6 cm³/mol. The number of hydrogen-bond donors (Lipinski definition) is 2. The van der Waals surface area contributed by atoms with Crippen molar-refractivity contribution in [1.82, 2.24) is 5.43 Å². The quantitative estimate of drug-likeness (QED) is 0.426. The highest BCUT2D eigenvalue weighted by Gasteiger charge is 2.62. The van der Waals surface area contributed by atoms with Crippen molar-refractivity contribution in [3.05, 3.63) is 0 Å².